The third-order valence-electron chi connectivity index (χ3n) is 2.75. The Bertz CT molecular complexity index is 543. The van der Waals surface area contributed by atoms with Gasteiger partial charge in [-0.1, -0.05) is 17.7 Å². The van der Waals surface area contributed by atoms with Gasteiger partial charge in [0.2, 0.25) is 5.91 Å². The van der Waals surface area contributed by atoms with Crippen molar-refractivity contribution in [3.05, 3.63) is 34.6 Å². The van der Waals surface area contributed by atoms with Gasteiger partial charge in [-0.25, -0.2) is 9.18 Å². The lowest BCUT2D eigenvalue weighted by Crippen LogP contribution is -2.38. The third-order valence-corrected chi connectivity index (χ3v) is 3.06. The number of hydrogen-bond acceptors (Lipinski definition) is 3. The van der Waals surface area contributed by atoms with Crippen LogP contribution in [-0.2, 0) is 4.79 Å². The van der Waals surface area contributed by atoms with E-state index in [1.54, 1.807) is 0 Å². The first kappa shape index (κ1) is 14.3. The van der Waals surface area contributed by atoms with Crippen LogP contribution in [0, 0.1) is 5.82 Å². The molecule has 0 aromatic heterocycles. The molecule has 0 unspecified atom stereocenters. The molecule has 0 saturated carbocycles. The Morgan fingerprint density at radius 1 is 1.45 bits per heavy atom. The van der Waals surface area contributed by atoms with Gasteiger partial charge in [0, 0.05) is 13.1 Å². The largest absolute Gasteiger partial charge is 0.350 e. The molecule has 8 heteroatoms. The van der Waals surface area contributed by atoms with Crippen molar-refractivity contribution in [2.24, 2.45) is 0 Å². The summed E-state index contributed by atoms with van der Waals surface area (Å²) in [6, 6.07) is 3.41. The predicted molar refractivity (Wildman–Crippen MR) is 68.9 cm³/mol. The lowest BCUT2D eigenvalue weighted by atomic mass is 10.2. The fraction of sp³-hybridized carbons (Fsp3) is 0.250. The Balaban J connectivity index is 1.93. The molecule has 1 aliphatic rings. The van der Waals surface area contributed by atoms with Gasteiger partial charge in [-0.05, 0) is 12.1 Å². The van der Waals surface area contributed by atoms with Gasteiger partial charge in [-0.15, -0.1) is 0 Å². The van der Waals surface area contributed by atoms with Crippen molar-refractivity contribution in [3.8, 4) is 0 Å². The SMILES string of the molecule is O=C(NCCN1C(=O)CNC1=O)c1c(F)cccc1Cl. The van der Waals surface area contributed by atoms with E-state index in [-0.39, 0.29) is 36.1 Å². The first-order valence-corrected chi connectivity index (χ1v) is 6.19. The Kier molecular flexibility index (Phi) is 4.19. The highest BCUT2D eigenvalue weighted by molar-refractivity contribution is 6.33. The molecule has 4 amide bonds. The van der Waals surface area contributed by atoms with Crippen LogP contribution in [0.3, 0.4) is 0 Å². The van der Waals surface area contributed by atoms with E-state index in [0.717, 1.165) is 11.0 Å². The average molecular weight is 300 g/mol. The maximum Gasteiger partial charge on any atom is 0.324 e. The number of urea groups is 1. The second-order valence-corrected chi connectivity index (χ2v) is 4.46. The Labute approximate surface area is 118 Å². The molecule has 0 spiro atoms. The third kappa shape index (κ3) is 2.88. The number of amides is 4. The highest BCUT2D eigenvalue weighted by atomic mass is 35.5. The van der Waals surface area contributed by atoms with E-state index in [2.05, 4.69) is 10.6 Å². The summed E-state index contributed by atoms with van der Waals surface area (Å²) < 4.78 is 13.5. The van der Waals surface area contributed by atoms with Gasteiger partial charge in [0.05, 0.1) is 17.1 Å². The maximum atomic E-state index is 13.5. The number of halogens is 2. The lowest BCUT2D eigenvalue weighted by Gasteiger charge is -2.13. The van der Waals surface area contributed by atoms with E-state index >= 15 is 0 Å². The molecule has 2 rings (SSSR count). The predicted octanol–water partition coefficient (Wildman–Crippen LogP) is 0.761. The number of hydrogen-bond donors (Lipinski definition) is 2. The van der Waals surface area contributed by atoms with Crippen LogP contribution in [0.15, 0.2) is 18.2 Å². The van der Waals surface area contributed by atoms with Crippen molar-refractivity contribution < 1.29 is 18.8 Å². The van der Waals surface area contributed by atoms with Crippen LogP contribution in [0.25, 0.3) is 0 Å². The summed E-state index contributed by atoms with van der Waals surface area (Å²) in [4.78, 5) is 35.3. The number of carbonyl (C=O) groups is 3. The molecular formula is C12H11ClFN3O3. The van der Waals surface area contributed by atoms with Gasteiger partial charge >= 0.3 is 6.03 Å². The van der Waals surface area contributed by atoms with Gasteiger partial charge < -0.3 is 10.6 Å². The minimum atomic E-state index is -0.731. The Morgan fingerprint density at radius 2 is 2.20 bits per heavy atom. The van der Waals surface area contributed by atoms with Crippen molar-refractivity contribution in [3.63, 3.8) is 0 Å². The maximum absolute atomic E-state index is 13.5. The Hall–Kier alpha value is -2.15. The minimum absolute atomic E-state index is 0.00232. The molecule has 1 fully saturated rings. The van der Waals surface area contributed by atoms with Gasteiger partial charge in [-0.2, -0.15) is 0 Å². The van der Waals surface area contributed by atoms with Crippen molar-refractivity contribution in [1.82, 2.24) is 15.5 Å². The van der Waals surface area contributed by atoms with Gasteiger partial charge in [0.15, 0.2) is 0 Å². The van der Waals surface area contributed by atoms with Crippen LogP contribution < -0.4 is 10.6 Å². The van der Waals surface area contributed by atoms with Crippen molar-refractivity contribution in [2.75, 3.05) is 19.6 Å². The number of carbonyl (C=O) groups excluding carboxylic acids is 3. The fourth-order valence-electron chi connectivity index (χ4n) is 1.77. The van der Waals surface area contributed by atoms with Crippen LogP contribution in [0.1, 0.15) is 10.4 Å². The quantitative estimate of drug-likeness (QED) is 0.806. The van der Waals surface area contributed by atoms with E-state index in [0.29, 0.717) is 0 Å². The smallest absolute Gasteiger partial charge is 0.324 e. The molecule has 1 heterocycles. The second-order valence-electron chi connectivity index (χ2n) is 4.06. The van der Waals surface area contributed by atoms with Crippen LogP contribution in [0.2, 0.25) is 5.02 Å². The van der Waals surface area contributed by atoms with Crippen molar-refractivity contribution in [1.29, 1.82) is 0 Å². The summed E-state index contributed by atoms with van der Waals surface area (Å²) in [5, 5.41) is 4.76. The number of rotatable bonds is 4. The van der Waals surface area contributed by atoms with E-state index in [4.69, 9.17) is 11.6 Å². The summed E-state index contributed by atoms with van der Waals surface area (Å²) in [5.74, 6) is -1.79. The molecule has 2 N–H and O–H groups in total. The van der Waals surface area contributed by atoms with E-state index in [1.807, 2.05) is 0 Å². The summed E-state index contributed by atoms with van der Waals surface area (Å²) in [6.45, 7) is -0.0168. The monoisotopic (exact) mass is 299 g/mol. The summed E-state index contributed by atoms with van der Waals surface area (Å²) in [5.41, 5.74) is -0.258. The number of imide groups is 1. The average Bonchev–Trinajstić information content (AvgIpc) is 2.70. The van der Waals surface area contributed by atoms with Gasteiger partial charge in [0.25, 0.3) is 5.91 Å². The molecule has 1 aromatic rings. The first-order chi connectivity index (χ1) is 9.50. The zero-order valence-corrected chi connectivity index (χ0v) is 11.0. The van der Waals surface area contributed by atoms with Crippen molar-refractivity contribution in [2.45, 2.75) is 0 Å². The zero-order valence-electron chi connectivity index (χ0n) is 10.3. The number of nitrogens with one attached hydrogen (secondary N) is 2. The molecule has 20 heavy (non-hydrogen) atoms. The summed E-state index contributed by atoms with van der Waals surface area (Å²) in [6.07, 6.45) is 0. The van der Waals surface area contributed by atoms with E-state index in [9.17, 15) is 18.8 Å². The fourth-order valence-corrected chi connectivity index (χ4v) is 2.01. The lowest BCUT2D eigenvalue weighted by molar-refractivity contribution is -0.124. The van der Waals surface area contributed by atoms with Crippen LogP contribution >= 0.6 is 11.6 Å². The minimum Gasteiger partial charge on any atom is -0.350 e. The number of nitrogens with zero attached hydrogens (tertiary/aromatic N) is 1. The highest BCUT2D eigenvalue weighted by Crippen LogP contribution is 2.18. The molecule has 1 saturated heterocycles. The van der Waals surface area contributed by atoms with Crippen LogP contribution in [0.5, 0.6) is 0 Å². The van der Waals surface area contributed by atoms with Crippen LogP contribution in [-0.4, -0.2) is 42.4 Å². The normalized spacial score (nSPS) is 14.4. The van der Waals surface area contributed by atoms with E-state index in [1.165, 1.54) is 12.1 Å². The van der Waals surface area contributed by atoms with Crippen LogP contribution in [0.4, 0.5) is 9.18 Å². The molecule has 0 radical (unpaired) electrons. The summed E-state index contributed by atoms with van der Waals surface area (Å²) in [7, 11) is 0. The molecule has 1 aliphatic heterocycles. The molecule has 6 nitrogen and oxygen atoms in total. The van der Waals surface area contributed by atoms with Crippen molar-refractivity contribution >= 4 is 29.4 Å². The molecule has 0 atom stereocenters. The zero-order chi connectivity index (χ0) is 14.7. The van der Waals surface area contributed by atoms with Gasteiger partial charge in [-0.3, -0.25) is 14.5 Å². The first-order valence-electron chi connectivity index (χ1n) is 5.81. The molecule has 0 bridgehead atoms. The molecule has 1 aromatic carbocycles. The topological polar surface area (TPSA) is 78.5 Å². The molecule has 0 aliphatic carbocycles. The standard InChI is InChI=1S/C12H11ClFN3O3/c13-7-2-1-3-8(14)10(7)11(19)15-4-5-17-9(18)6-16-12(17)20/h1-3H,4-6H2,(H,15,19)(H,16,20). The molecular weight excluding hydrogens is 289 g/mol. The second kappa shape index (κ2) is 5.87. The Morgan fingerprint density at radius 3 is 2.80 bits per heavy atom. The van der Waals surface area contributed by atoms with E-state index < -0.39 is 17.8 Å². The highest BCUT2D eigenvalue weighted by Gasteiger charge is 2.28. The van der Waals surface area contributed by atoms with Gasteiger partial charge in [0.1, 0.15) is 5.82 Å². The number of benzene rings is 1. The summed E-state index contributed by atoms with van der Waals surface area (Å²) >= 11 is 5.75. The molecule has 106 valence electrons.